The van der Waals surface area contributed by atoms with Crippen LogP contribution in [-0.2, 0) is 26.8 Å². The Hall–Kier alpha value is -3.94. The van der Waals surface area contributed by atoms with Gasteiger partial charge in [-0.15, -0.1) is 11.3 Å². The third kappa shape index (κ3) is 10.8. The molecule has 13 heteroatoms. The molecule has 3 amide bonds. The van der Waals surface area contributed by atoms with Gasteiger partial charge >= 0.3 is 12.2 Å². The Morgan fingerprint density at radius 3 is 2.19 bits per heavy atom. The second-order valence-corrected chi connectivity index (χ2v) is 23.1. The van der Waals surface area contributed by atoms with Crippen molar-refractivity contribution in [1.29, 1.82) is 0 Å². The van der Waals surface area contributed by atoms with Crippen molar-refractivity contribution >= 4 is 48.6 Å². The maximum Gasteiger partial charge on any atom is 0.413 e. The summed E-state index contributed by atoms with van der Waals surface area (Å²) in [6.07, 6.45) is -0.216. The fraction of sp³-hybridized carbons (Fsp3) is 0.550. The summed E-state index contributed by atoms with van der Waals surface area (Å²) in [4.78, 5) is 44.4. The van der Waals surface area contributed by atoms with Crippen LogP contribution in [0.2, 0.25) is 18.1 Å². The molecule has 3 atom stereocenters. The van der Waals surface area contributed by atoms with E-state index in [0.717, 1.165) is 11.3 Å². The quantitative estimate of drug-likeness (QED) is 0.155. The predicted octanol–water partition coefficient (Wildman–Crippen LogP) is 9.61. The van der Waals surface area contributed by atoms with Gasteiger partial charge in [0.2, 0.25) is 5.91 Å². The summed E-state index contributed by atoms with van der Waals surface area (Å²) in [5.41, 5.74) is 0.321. The highest BCUT2D eigenvalue weighted by atomic mass is 32.1. The summed E-state index contributed by atoms with van der Waals surface area (Å²) in [5.74, 6) is 0.469. The zero-order chi connectivity index (χ0) is 39.4. The SMILES string of the molecule is CC(C)(C)OC(=O)Nc1nc(CC(=O)Nc2ccc(C[C@@]3(C(C)(C)C)CC[C@H]([C@@H](COc4ccccc4)O[Si](C)(C)C(C)(C)C)N3C(=O)O)cc2)cs1. The van der Waals surface area contributed by atoms with Gasteiger partial charge in [0, 0.05) is 11.1 Å². The lowest BCUT2D eigenvalue weighted by atomic mass is 9.68. The average Bonchev–Trinajstić information content (AvgIpc) is 3.63. The number of benzene rings is 2. The molecule has 11 nitrogen and oxygen atoms in total. The van der Waals surface area contributed by atoms with Crippen LogP contribution in [0.3, 0.4) is 0 Å². The number of rotatable bonds is 12. The molecule has 2 aromatic carbocycles. The molecule has 3 N–H and O–H groups in total. The first-order valence-corrected chi connectivity index (χ1v) is 22.0. The fourth-order valence-corrected chi connectivity index (χ4v) is 8.56. The van der Waals surface area contributed by atoms with Crippen LogP contribution in [0.15, 0.2) is 60.0 Å². The molecule has 0 aliphatic carbocycles. The van der Waals surface area contributed by atoms with Crippen molar-refractivity contribution in [2.45, 2.75) is 129 Å². The molecule has 4 rings (SSSR count). The van der Waals surface area contributed by atoms with Gasteiger partial charge < -0.3 is 24.3 Å². The number of hydrogen-bond acceptors (Lipinski definition) is 8. The molecule has 1 aliphatic rings. The summed E-state index contributed by atoms with van der Waals surface area (Å²) >= 11 is 1.22. The Labute approximate surface area is 320 Å². The van der Waals surface area contributed by atoms with Crippen molar-refractivity contribution in [2.75, 3.05) is 17.2 Å². The molecule has 290 valence electrons. The number of carbonyl (C=O) groups is 3. The number of carbonyl (C=O) groups excluding carboxylic acids is 2. The van der Waals surface area contributed by atoms with Crippen LogP contribution in [0.1, 0.15) is 86.4 Å². The molecule has 3 aromatic rings. The molecule has 0 unspecified atom stereocenters. The molecule has 1 aromatic heterocycles. The van der Waals surface area contributed by atoms with Gasteiger partial charge in [-0.3, -0.25) is 15.0 Å². The van der Waals surface area contributed by atoms with Crippen molar-refractivity contribution in [1.82, 2.24) is 9.88 Å². The van der Waals surface area contributed by atoms with E-state index in [1.54, 1.807) is 31.1 Å². The topological polar surface area (TPSA) is 139 Å². The third-order valence-corrected chi connectivity index (χ3v) is 15.6. The van der Waals surface area contributed by atoms with E-state index >= 15 is 0 Å². The van der Waals surface area contributed by atoms with Gasteiger partial charge in [-0.25, -0.2) is 14.6 Å². The minimum atomic E-state index is -2.32. The first kappa shape index (κ1) is 41.8. The molecule has 2 heterocycles. The lowest BCUT2D eigenvalue weighted by Crippen LogP contribution is -2.62. The highest BCUT2D eigenvalue weighted by Crippen LogP contribution is 2.50. The van der Waals surface area contributed by atoms with Crippen molar-refractivity contribution in [3.8, 4) is 5.75 Å². The van der Waals surface area contributed by atoms with Gasteiger partial charge in [-0.1, -0.05) is 71.9 Å². The lowest BCUT2D eigenvalue weighted by Gasteiger charge is -2.50. The number of amides is 3. The molecule has 1 aliphatic heterocycles. The summed E-state index contributed by atoms with van der Waals surface area (Å²) in [5, 5.41) is 18.5. The van der Waals surface area contributed by atoms with E-state index in [0.29, 0.717) is 35.8 Å². The molecule has 1 saturated heterocycles. The van der Waals surface area contributed by atoms with Crippen LogP contribution < -0.4 is 15.4 Å². The molecule has 53 heavy (non-hydrogen) atoms. The van der Waals surface area contributed by atoms with E-state index in [2.05, 4.69) is 70.3 Å². The van der Waals surface area contributed by atoms with Crippen LogP contribution in [0.4, 0.5) is 20.4 Å². The van der Waals surface area contributed by atoms with Gasteiger partial charge in [-0.2, -0.15) is 0 Å². The normalized spacial score (nSPS) is 18.7. The monoisotopic (exact) mass is 766 g/mol. The number of carboxylic acid groups (broad SMARTS) is 1. The van der Waals surface area contributed by atoms with E-state index in [1.807, 2.05) is 54.6 Å². The predicted molar refractivity (Wildman–Crippen MR) is 214 cm³/mol. The van der Waals surface area contributed by atoms with Gasteiger partial charge in [0.15, 0.2) is 13.4 Å². The largest absolute Gasteiger partial charge is 0.491 e. The van der Waals surface area contributed by atoms with Crippen LogP contribution in [0.5, 0.6) is 5.75 Å². The average molecular weight is 767 g/mol. The summed E-state index contributed by atoms with van der Waals surface area (Å²) in [7, 11) is -2.32. The first-order chi connectivity index (χ1) is 24.5. The number of likely N-dealkylation sites (tertiary alicyclic amines) is 1. The first-order valence-electron chi connectivity index (χ1n) is 18.2. The summed E-state index contributed by atoms with van der Waals surface area (Å²) < 4.78 is 18.6. The Bertz CT molecular complexity index is 1710. The van der Waals surface area contributed by atoms with Gasteiger partial charge in [-0.05, 0) is 93.4 Å². The second-order valence-electron chi connectivity index (χ2n) is 17.5. The lowest BCUT2D eigenvalue weighted by molar-refractivity contribution is -0.115. The van der Waals surface area contributed by atoms with E-state index < -0.39 is 49.2 Å². The number of anilines is 2. The van der Waals surface area contributed by atoms with Crippen molar-refractivity contribution in [3.63, 3.8) is 0 Å². The zero-order valence-corrected chi connectivity index (χ0v) is 35.0. The van der Waals surface area contributed by atoms with Gasteiger partial charge in [0.05, 0.1) is 29.8 Å². The maximum absolute atomic E-state index is 13.4. The second kappa shape index (κ2) is 16.2. The Morgan fingerprint density at radius 1 is 0.981 bits per heavy atom. The van der Waals surface area contributed by atoms with Gasteiger partial charge in [0.25, 0.3) is 0 Å². The number of nitrogens with one attached hydrogen (secondary N) is 2. The maximum atomic E-state index is 13.4. The number of aromatic nitrogens is 1. The van der Waals surface area contributed by atoms with Crippen LogP contribution in [-0.4, -0.2) is 71.3 Å². The molecular weight excluding hydrogens is 709 g/mol. The van der Waals surface area contributed by atoms with E-state index in [4.69, 9.17) is 13.9 Å². The van der Waals surface area contributed by atoms with Crippen LogP contribution >= 0.6 is 11.3 Å². The van der Waals surface area contributed by atoms with Crippen molar-refractivity contribution in [2.24, 2.45) is 5.41 Å². The van der Waals surface area contributed by atoms with Crippen molar-refractivity contribution < 1.29 is 33.4 Å². The number of ether oxygens (including phenoxy) is 2. The van der Waals surface area contributed by atoms with E-state index in [1.165, 1.54) is 11.3 Å². The Morgan fingerprint density at radius 2 is 1.62 bits per heavy atom. The molecule has 0 saturated carbocycles. The molecule has 1 fully saturated rings. The summed E-state index contributed by atoms with van der Waals surface area (Å²) in [6.45, 7) is 22.8. The Kier molecular flexibility index (Phi) is 12.8. The Balaban J connectivity index is 1.51. The number of thiazole rings is 1. The van der Waals surface area contributed by atoms with Crippen LogP contribution in [0, 0.1) is 5.41 Å². The molecular formula is C40H58N4O7SSi. The molecule has 0 radical (unpaired) electrons. The highest BCUT2D eigenvalue weighted by molar-refractivity contribution is 7.13. The minimum Gasteiger partial charge on any atom is -0.491 e. The standard InChI is InChI=1S/C40H58N4O7SSi/c1-37(2,3)40(22-21-31(44(40)36(47)48)32(51-53(10,11)39(7,8)9)25-49-30-15-13-12-14-16-30)24-27-17-19-28(20-18-27)41-33(45)23-29-26-52-34(42-29)43-35(46)50-38(4,5)6/h12-20,26,31-32H,21-25H2,1-11H3,(H,41,45)(H,47,48)(H,42,43,46)/t31-,32-,40-/m1/s1. The number of nitrogens with zero attached hydrogens (tertiary/aromatic N) is 2. The van der Waals surface area contributed by atoms with Crippen LogP contribution in [0.25, 0.3) is 0 Å². The minimum absolute atomic E-state index is 0.0302. The fourth-order valence-electron chi connectivity index (χ4n) is 6.53. The van der Waals surface area contributed by atoms with E-state index in [9.17, 15) is 19.5 Å². The number of para-hydroxylation sites is 1. The smallest absolute Gasteiger partial charge is 0.413 e. The molecule has 0 bridgehead atoms. The number of hydrogen-bond donors (Lipinski definition) is 3. The summed E-state index contributed by atoms with van der Waals surface area (Å²) in [6, 6.07) is 16.8. The van der Waals surface area contributed by atoms with Crippen molar-refractivity contribution in [3.05, 3.63) is 71.2 Å². The highest BCUT2D eigenvalue weighted by Gasteiger charge is 2.58. The third-order valence-electron chi connectivity index (χ3n) is 10.3. The van der Waals surface area contributed by atoms with E-state index in [-0.39, 0.29) is 24.0 Å². The molecule has 0 spiro atoms. The zero-order valence-electron chi connectivity index (χ0n) is 33.2. The van der Waals surface area contributed by atoms with Gasteiger partial charge in [0.1, 0.15) is 18.0 Å².